The summed E-state index contributed by atoms with van der Waals surface area (Å²) in [5.41, 5.74) is 1.43. The molecule has 0 radical (unpaired) electrons. The van der Waals surface area contributed by atoms with Crippen molar-refractivity contribution in [3.05, 3.63) is 35.9 Å². The second-order valence-electron chi connectivity index (χ2n) is 5.81. The Hall–Kier alpha value is -0.860. The minimum atomic E-state index is 0.563. The predicted octanol–water partition coefficient (Wildman–Crippen LogP) is 2.69. The molecule has 0 aromatic heterocycles. The highest BCUT2D eigenvalue weighted by atomic mass is 15.1. The Bertz CT molecular complexity index is 349. The van der Waals surface area contributed by atoms with Crippen LogP contribution in [-0.4, -0.2) is 36.6 Å². The number of likely N-dealkylation sites (tertiary alicyclic amines) is 1. The highest BCUT2D eigenvalue weighted by Crippen LogP contribution is 2.16. The average molecular weight is 246 g/mol. The van der Waals surface area contributed by atoms with Gasteiger partial charge in [0.1, 0.15) is 0 Å². The van der Waals surface area contributed by atoms with Crippen molar-refractivity contribution in [2.45, 2.75) is 51.2 Å². The van der Waals surface area contributed by atoms with Gasteiger partial charge in [-0.05, 0) is 52.3 Å². The third-order valence-electron chi connectivity index (χ3n) is 4.11. The minimum Gasteiger partial charge on any atom is -0.311 e. The first-order valence-corrected chi connectivity index (χ1v) is 7.15. The summed E-state index contributed by atoms with van der Waals surface area (Å²) >= 11 is 0. The summed E-state index contributed by atoms with van der Waals surface area (Å²) in [7, 11) is 2.23. The summed E-state index contributed by atoms with van der Waals surface area (Å²) in [5.74, 6) is 0. The quantitative estimate of drug-likeness (QED) is 0.878. The fourth-order valence-electron chi connectivity index (χ4n) is 2.87. The van der Waals surface area contributed by atoms with E-state index in [1.54, 1.807) is 0 Å². The SMILES string of the molecule is CC(Cc1ccccc1)NC1CCN(C)C(C)C1. The number of piperidine rings is 1. The maximum atomic E-state index is 3.79. The van der Waals surface area contributed by atoms with Crippen LogP contribution in [0, 0.1) is 0 Å². The second-order valence-corrected chi connectivity index (χ2v) is 5.81. The number of benzene rings is 1. The van der Waals surface area contributed by atoms with Crippen LogP contribution in [0.1, 0.15) is 32.3 Å². The molecule has 1 aromatic rings. The molecule has 0 aliphatic carbocycles. The highest BCUT2D eigenvalue weighted by Gasteiger charge is 2.23. The molecule has 2 heteroatoms. The van der Waals surface area contributed by atoms with E-state index in [1.807, 2.05) is 0 Å². The third kappa shape index (κ3) is 3.82. The summed E-state index contributed by atoms with van der Waals surface area (Å²) in [6.45, 7) is 5.85. The Balaban J connectivity index is 1.79. The maximum Gasteiger partial charge on any atom is 0.00966 e. The number of nitrogens with zero attached hydrogens (tertiary/aromatic N) is 1. The summed E-state index contributed by atoms with van der Waals surface area (Å²) in [6, 6.07) is 12.7. The van der Waals surface area contributed by atoms with Crippen molar-refractivity contribution in [2.75, 3.05) is 13.6 Å². The number of hydrogen-bond donors (Lipinski definition) is 1. The molecule has 18 heavy (non-hydrogen) atoms. The molecule has 3 unspecified atom stereocenters. The summed E-state index contributed by atoms with van der Waals surface area (Å²) in [4.78, 5) is 2.46. The van der Waals surface area contributed by atoms with E-state index in [1.165, 1.54) is 24.9 Å². The first-order valence-electron chi connectivity index (χ1n) is 7.15. The molecule has 2 nitrogen and oxygen atoms in total. The average Bonchev–Trinajstić information content (AvgIpc) is 2.35. The lowest BCUT2D eigenvalue weighted by Gasteiger charge is -2.36. The van der Waals surface area contributed by atoms with Crippen molar-refractivity contribution in [2.24, 2.45) is 0 Å². The molecular weight excluding hydrogens is 220 g/mol. The Morgan fingerprint density at radius 2 is 2.06 bits per heavy atom. The van der Waals surface area contributed by atoms with Crippen molar-refractivity contribution in [3.8, 4) is 0 Å². The standard InChI is InChI=1S/C16H26N2/c1-13(11-15-7-5-4-6-8-15)17-16-9-10-18(3)14(2)12-16/h4-8,13-14,16-17H,9-12H2,1-3H3. The molecule has 1 fully saturated rings. The summed E-state index contributed by atoms with van der Waals surface area (Å²) < 4.78 is 0. The molecule has 1 saturated heterocycles. The third-order valence-corrected chi connectivity index (χ3v) is 4.11. The van der Waals surface area contributed by atoms with E-state index in [0.717, 1.165) is 6.42 Å². The first-order chi connectivity index (χ1) is 8.65. The van der Waals surface area contributed by atoms with Crippen LogP contribution in [0.15, 0.2) is 30.3 Å². The second kappa shape index (κ2) is 6.35. The molecule has 0 saturated carbocycles. The minimum absolute atomic E-state index is 0.563. The number of rotatable bonds is 4. The molecule has 0 spiro atoms. The predicted molar refractivity (Wildman–Crippen MR) is 77.9 cm³/mol. The zero-order chi connectivity index (χ0) is 13.0. The van der Waals surface area contributed by atoms with Gasteiger partial charge in [0.05, 0.1) is 0 Å². The lowest BCUT2D eigenvalue weighted by molar-refractivity contribution is 0.163. The van der Waals surface area contributed by atoms with Gasteiger partial charge in [0.15, 0.2) is 0 Å². The van der Waals surface area contributed by atoms with Gasteiger partial charge >= 0.3 is 0 Å². The molecule has 3 atom stereocenters. The fourth-order valence-corrected chi connectivity index (χ4v) is 2.87. The van der Waals surface area contributed by atoms with Crippen molar-refractivity contribution < 1.29 is 0 Å². The van der Waals surface area contributed by atoms with Crippen molar-refractivity contribution in [3.63, 3.8) is 0 Å². The molecular formula is C16H26N2. The van der Waals surface area contributed by atoms with Crippen LogP contribution in [0.2, 0.25) is 0 Å². The Kier molecular flexibility index (Phi) is 4.79. The lowest BCUT2D eigenvalue weighted by atomic mass is 9.97. The topological polar surface area (TPSA) is 15.3 Å². The van der Waals surface area contributed by atoms with E-state index in [9.17, 15) is 0 Å². The van der Waals surface area contributed by atoms with Gasteiger partial charge < -0.3 is 10.2 Å². The summed E-state index contributed by atoms with van der Waals surface area (Å²) in [6.07, 6.45) is 3.68. The van der Waals surface area contributed by atoms with Crippen molar-refractivity contribution in [1.82, 2.24) is 10.2 Å². The number of hydrogen-bond acceptors (Lipinski definition) is 2. The molecule has 0 amide bonds. The van der Waals surface area contributed by atoms with Crippen LogP contribution < -0.4 is 5.32 Å². The molecule has 1 heterocycles. The molecule has 1 aliphatic rings. The van der Waals surface area contributed by atoms with Crippen LogP contribution in [0.25, 0.3) is 0 Å². The monoisotopic (exact) mass is 246 g/mol. The molecule has 100 valence electrons. The zero-order valence-corrected chi connectivity index (χ0v) is 11.9. The Morgan fingerprint density at radius 1 is 1.33 bits per heavy atom. The van der Waals surface area contributed by atoms with E-state index < -0.39 is 0 Å². The van der Waals surface area contributed by atoms with Gasteiger partial charge in [0.2, 0.25) is 0 Å². The van der Waals surface area contributed by atoms with Crippen LogP contribution in [0.4, 0.5) is 0 Å². The van der Waals surface area contributed by atoms with E-state index >= 15 is 0 Å². The van der Waals surface area contributed by atoms with E-state index in [-0.39, 0.29) is 0 Å². The van der Waals surface area contributed by atoms with E-state index in [4.69, 9.17) is 0 Å². The largest absolute Gasteiger partial charge is 0.311 e. The van der Waals surface area contributed by atoms with Crippen LogP contribution >= 0.6 is 0 Å². The number of nitrogens with one attached hydrogen (secondary N) is 1. The van der Waals surface area contributed by atoms with Gasteiger partial charge in [0.25, 0.3) is 0 Å². The van der Waals surface area contributed by atoms with Gasteiger partial charge in [0, 0.05) is 18.1 Å². The van der Waals surface area contributed by atoms with E-state index in [2.05, 4.69) is 61.4 Å². The smallest absolute Gasteiger partial charge is 0.00966 e. The summed E-state index contributed by atoms with van der Waals surface area (Å²) in [5, 5.41) is 3.79. The maximum absolute atomic E-state index is 3.79. The Labute approximate surface area is 111 Å². The molecule has 0 bridgehead atoms. The Morgan fingerprint density at radius 3 is 2.72 bits per heavy atom. The van der Waals surface area contributed by atoms with Gasteiger partial charge in [-0.2, -0.15) is 0 Å². The zero-order valence-electron chi connectivity index (χ0n) is 11.9. The van der Waals surface area contributed by atoms with Crippen molar-refractivity contribution in [1.29, 1.82) is 0 Å². The molecule has 1 aromatic carbocycles. The highest BCUT2D eigenvalue weighted by molar-refractivity contribution is 5.15. The molecule has 1 N–H and O–H groups in total. The van der Waals surface area contributed by atoms with Crippen LogP contribution in [0.5, 0.6) is 0 Å². The van der Waals surface area contributed by atoms with Crippen molar-refractivity contribution >= 4 is 0 Å². The molecule has 1 aliphatic heterocycles. The molecule has 2 rings (SSSR count). The van der Waals surface area contributed by atoms with E-state index in [0.29, 0.717) is 18.1 Å². The fraction of sp³-hybridized carbons (Fsp3) is 0.625. The van der Waals surface area contributed by atoms with Gasteiger partial charge in [-0.15, -0.1) is 0 Å². The van der Waals surface area contributed by atoms with Gasteiger partial charge in [-0.25, -0.2) is 0 Å². The normalized spacial score (nSPS) is 27.1. The van der Waals surface area contributed by atoms with Gasteiger partial charge in [-0.3, -0.25) is 0 Å². The first kappa shape index (κ1) is 13.6. The van der Waals surface area contributed by atoms with Gasteiger partial charge in [-0.1, -0.05) is 30.3 Å². The van der Waals surface area contributed by atoms with Crippen LogP contribution in [-0.2, 0) is 6.42 Å². The lowest BCUT2D eigenvalue weighted by Crippen LogP contribution is -2.48. The van der Waals surface area contributed by atoms with Crippen LogP contribution in [0.3, 0.4) is 0 Å².